The minimum Gasteiger partial charge on any atom is -0.388 e. The second-order valence-electron chi connectivity index (χ2n) is 7.44. The molecule has 1 saturated heterocycles. The lowest BCUT2D eigenvalue weighted by Crippen LogP contribution is -2.41. The highest BCUT2D eigenvalue weighted by molar-refractivity contribution is 5.99. The lowest BCUT2D eigenvalue weighted by Gasteiger charge is -2.32. The molecule has 0 bridgehead atoms. The maximum atomic E-state index is 13.2. The summed E-state index contributed by atoms with van der Waals surface area (Å²) < 4.78 is 1.73. The molecule has 0 aliphatic carbocycles. The van der Waals surface area contributed by atoms with Gasteiger partial charge in [-0.05, 0) is 37.8 Å². The number of ketones is 1. The van der Waals surface area contributed by atoms with E-state index in [9.17, 15) is 14.7 Å². The van der Waals surface area contributed by atoms with Crippen LogP contribution in [0.4, 0.5) is 0 Å². The molecule has 5 heteroatoms. The molecule has 144 valence electrons. The summed E-state index contributed by atoms with van der Waals surface area (Å²) >= 11 is 0. The van der Waals surface area contributed by atoms with Crippen molar-refractivity contribution in [3.63, 3.8) is 0 Å². The summed E-state index contributed by atoms with van der Waals surface area (Å²) in [5.74, 6) is -0.103. The van der Waals surface area contributed by atoms with Crippen molar-refractivity contribution >= 4 is 11.7 Å². The van der Waals surface area contributed by atoms with Gasteiger partial charge in [-0.2, -0.15) is 0 Å². The third-order valence-corrected chi connectivity index (χ3v) is 5.45. The molecule has 2 aromatic rings. The zero-order valence-electron chi connectivity index (χ0n) is 16.1. The van der Waals surface area contributed by atoms with E-state index in [4.69, 9.17) is 0 Å². The van der Waals surface area contributed by atoms with Crippen molar-refractivity contribution in [2.45, 2.75) is 51.2 Å². The SMILES string of the molecule is CC(=O)c1cc(C(=O)N2CCCCCC2CC(O)c2ccccc2)n(C)c1. The number of carbonyl (C=O) groups is 2. The van der Waals surface area contributed by atoms with Crippen molar-refractivity contribution < 1.29 is 14.7 Å². The van der Waals surface area contributed by atoms with Crippen LogP contribution in [-0.4, -0.2) is 38.9 Å². The fourth-order valence-electron chi connectivity index (χ4n) is 3.88. The number of aromatic nitrogens is 1. The Bertz CT molecular complexity index is 797. The number of aliphatic hydroxyl groups is 1. The summed E-state index contributed by atoms with van der Waals surface area (Å²) in [7, 11) is 1.80. The highest BCUT2D eigenvalue weighted by Crippen LogP contribution is 2.28. The number of nitrogens with zero attached hydrogens (tertiary/aromatic N) is 2. The van der Waals surface area contributed by atoms with Crippen LogP contribution < -0.4 is 0 Å². The maximum Gasteiger partial charge on any atom is 0.270 e. The normalized spacial score (nSPS) is 18.8. The second-order valence-corrected chi connectivity index (χ2v) is 7.44. The molecule has 1 aliphatic heterocycles. The van der Waals surface area contributed by atoms with Crippen LogP contribution in [0.1, 0.15) is 71.5 Å². The van der Waals surface area contributed by atoms with Crippen LogP contribution in [0.25, 0.3) is 0 Å². The van der Waals surface area contributed by atoms with E-state index in [2.05, 4.69) is 0 Å². The number of aryl methyl sites for hydroxylation is 1. The van der Waals surface area contributed by atoms with Crippen molar-refractivity contribution in [1.82, 2.24) is 9.47 Å². The van der Waals surface area contributed by atoms with Crippen molar-refractivity contribution in [1.29, 1.82) is 0 Å². The minimum atomic E-state index is -0.592. The van der Waals surface area contributed by atoms with Gasteiger partial charge in [-0.15, -0.1) is 0 Å². The Hall–Kier alpha value is -2.40. The molecule has 0 radical (unpaired) electrons. The maximum absolute atomic E-state index is 13.2. The Labute approximate surface area is 160 Å². The van der Waals surface area contributed by atoms with Gasteiger partial charge in [-0.3, -0.25) is 9.59 Å². The van der Waals surface area contributed by atoms with E-state index in [1.807, 2.05) is 35.2 Å². The van der Waals surface area contributed by atoms with Gasteiger partial charge in [0.15, 0.2) is 5.78 Å². The molecule has 1 N–H and O–H groups in total. The number of amides is 1. The zero-order valence-corrected chi connectivity index (χ0v) is 16.1. The number of likely N-dealkylation sites (tertiary alicyclic amines) is 1. The topological polar surface area (TPSA) is 62.5 Å². The van der Waals surface area contributed by atoms with Crippen LogP contribution in [0.15, 0.2) is 42.6 Å². The van der Waals surface area contributed by atoms with Gasteiger partial charge in [-0.1, -0.05) is 43.2 Å². The lowest BCUT2D eigenvalue weighted by molar-refractivity contribution is 0.0579. The van der Waals surface area contributed by atoms with Gasteiger partial charge in [0.2, 0.25) is 0 Å². The van der Waals surface area contributed by atoms with Crippen LogP contribution in [0, 0.1) is 0 Å². The smallest absolute Gasteiger partial charge is 0.270 e. The molecule has 1 amide bonds. The van der Waals surface area contributed by atoms with E-state index >= 15 is 0 Å². The molecule has 5 nitrogen and oxygen atoms in total. The van der Waals surface area contributed by atoms with E-state index in [-0.39, 0.29) is 17.7 Å². The molecular formula is C22H28N2O3. The van der Waals surface area contributed by atoms with Gasteiger partial charge in [0.25, 0.3) is 5.91 Å². The largest absolute Gasteiger partial charge is 0.388 e. The predicted octanol–water partition coefficient (Wildman–Crippen LogP) is 3.74. The van der Waals surface area contributed by atoms with E-state index < -0.39 is 6.10 Å². The van der Waals surface area contributed by atoms with Crippen LogP contribution in [0.2, 0.25) is 0 Å². The summed E-state index contributed by atoms with van der Waals surface area (Å²) in [4.78, 5) is 26.8. The van der Waals surface area contributed by atoms with Crippen molar-refractivity contribution in [2.75, 3.05) is 6.54 Å². The molecule has 1 aromatic carbocycles. The summed E-state index contributed by atoms with van der Waals surface area (Å²) in [5.41, 5.74) is 1.96. The van der Waals surface area contributed by atoms with Gasteiger partial charge in [0.1, 0.15) is 5.69 Å². The second kappa shape index (κ2) is 8.53. The minimum absolute atomic E-state index is 0.00844. The number of carbonyl (C=O) groups excluding carboxylic acids is 2. The first kappa shape index (κ1) is 19.4. The van der Waals surface area contributed by atoms with E-state index in [0.717, 1.165) is 31.2 Å². The summed E-state index contributed by atoms with van der Waals surface area (Å²) in [6, 6.07) is 11.3. The predicted molar refractivity (Wildman–Crippen MR) is 105 cm³/mol. The summed E-state index contributed by atoms with van der Waals surface area (Å²) in [6.45, 7) is 2.19. The number of aliphatic hydroxyl groups excluding tert-OH is 1. The highest BCUT2D eigenvalue weighted by Gasteiger charge is 2.30. The molecule has 1 aromatic heterocycles. The number of rotatable bonds is 5. The van der Waals surface area contributed by atoms with Crippen molar-refractivity contribution in [3.8, 4) is 0 Å². The molecule has 2 heterocycles. The quantitative estimate of drug-likeness (QED) is 0.818. The van der Waals surface area contributed by atoms with Crippen LogP contribution >= 0.6 is 0 Å². The Morgan fingerprint density at radius 3 is 2.59 bits per heavy atom. The number of hydrogen-bond donors (Lipinski definition) is 1. The number of benzene rings is 1. The van der Waals surface area contributed by atoms with Crippen LogP contribution in [-0.2, 0) is 7.05 Å². The van der Waals surface area contributed by atoms with E-state index in [1.54, 1.807) is 23.9 Å². The molecule has 1 fully saturated rings. The monoisotopic (exact) mass is 368 g/mol. The third kappa shape index (κ3) is 4.48. The van der Waals surface area contributed by atoms with Gasteiger partial charge in [0.05, 0.1) is 6.10 Å². The average Bonchev–Trinajstić information content (AvgIpc) is 2.91. The standard InChI is InChI=1S/C22H28N2O3/c1-16(25)18-13-20(23(2)15-18)22(27)24-12-8-4-7-11-19(24)14-21(26)17-9-5-3-6-10-17/h3,5-6,9-10,13,15,19,21,26H,4,7-8,11-12,14H2,1-2H3. The Balaban J connectivity index is 1.82. The van der Waals surface area contributed by atoms with Gasteiger partial charge < -0.3 is 14.6 Å². The Kier molecular flexibility index (Phi) is 6.11. The summed E-state index contributed by atoms with van der Waals surface area (Å²) in [6.07, 6.45) is 5.65. The average molecular weight is 368 g/mol. The Morgan fingerprint density at radius 1 is 1.19 bits per heavy atom. The lowest BCUT2D eigenvalue weighted by atomic mass is 9.98. The summed E-state index contributed by atoms with van der Waals surface area (Å²) in [5, 5.41) is 10.7. The molecule has 0 spiro atoms. The first-order valence-electron chi connectivity index (χ1n) is 9.68. The number of Topliss-reactive ketones (excluding diaryl/α,β-unsaturated/α-hetero) is 1. The highest BCUT2D eigenvalue weighted by atomic mass is 16.3. The van der Waals surface area contributed by atoms with Crippen molar-refractivity contribution in [3.05, 3.63) is 59.4 Å². The first-order chi connectivity index (χ1) is 13.0. The van der Waals surface area contributed by atoms with Crippen LogP contribution in [0.3, 0.4) is 0 Å². The van der Waals surface area contributed by atoms with Gasteiger partial charge in [0, 0.05) is 31.4 Å². The molecule has 0 saturated carbocycles. The fraction of sp³-hybridized carbons (Fsp3) is 0.455. The van der Waals surface area contributed by atoms with Crippen LogP contribution in [0.5, 0.6) is 0 Å². The van der Waals surface area contributed by atoms with E-state index in [1.165, 1.54) is 6.92 Å². The molecular weight excluding hydrogens is 340 g/mol. The zero-order chi connectivity index (χ0) is 19.4. The molecule has 1 aliphatic rings. The molecule has 2 unspecified atom stereocenters. The third-order valence-electron chi connectivity index (χ3n) is 5.45. The van der Waals surface area contributed by atoms with Gasteiger partial charge >= 0.3 is 0 Å². The van der Waals surface area contributed by atoms with Gasteiger partial charge in [-0.25, -0.2) is 0 Å². The Morgan fingerprint density at radius 2 is 1.93 bits per heavy atom. The first-order valence-corrected chi connectivity index (χ1v) is 9.68. The molecule has 27 heavy (non-hydrogen) atoms. The number of hydrogen-bond acceptors (Lipinski definition) is 3. The molecule has 3 rings (SSSR count). The van der Waals surface area contributed by atoms with Crippen molar-refractivity contribution in [2.24, 2.45) is 7.05 Å². The van der Waals surface area contributed by atoms with E-state index in [0.29, 0.717) is 24.2 Å². The molecule has 2 atom stereocenters. The fourth-order valence-corrected chi connectivity index (χ4v) is 3.88.